The molecule has 1 aliphatic rings. The Labute approximate surface area is 242 Å². The van der Waals surface area contributed by atoms with Gasteiger partial charge in [0.05, 0.1) is 37.4 Å². The van der Waals surface area contributed by atoms with E-state index in [1.54, 1.807) is 35.2 Å². The highest BCUT2D eigenvalue weighted by molar-refractivity contribution is 9.10. The fourth-order valence-corrected chi connectivity index (χ4v) is 4.99. The number of ether oxygens (including phenoxy) is 3. The van der Waals surface area contributed by atoms with Crippen molar-refractivity contribution in [3.63, 3.8) is 0 Å². The maximum atomic E-state index is 13.6. The van der Waals surface area contributed by atoms with E-state index in [9.17, 15) is 9.59 Å². The Bertz CT molecular complexity index is 1810. The van der Waals surface area contributed by atoms with E-state index in [4.69, 9.17) is 23.6 Å². The zero-order valence-corrected chi connectivity index (χ0v) is 23.7. The standard InChI is InChI=1S/C30H25BrN4O6/c1-38-25-15-20(22(31)16-26(25)40-18-28(36)34-10-12-39-13-11-34)17-32-35-29(27-14-19-6-2-5-9-24(19)41-27)33-23-8-4-3-7-21(23)30(35)37/h2-9,14-17H,10-13,18H2,1H3. The third-order valence-corrected chi connectivity index (χ3v) is 7.40. The number of carbonyl (C=O) groups excluding carboxylic acids is 1. The summed E-state index contributed by atoms with van der Waals surface area (Å²) in [6.45, 7) is 1.98. The van der Waals surface area contributed by atoms with Crippen LogP contribution in [-0.4, -0.2) is 66.7 Å². The molecule has 2 aromatic heterocycles. The quantitative estimate of drug-likeness (QED) is 0.244. The number of halogens is 1. The van der Waals surface area contributed by atoms with Crippen molar-refractivity contribution in [3.05, 3.63) is 87.1 Å². The van der Waals surface area contributed by atoms with Gasteiger partial charge in [-0.3, -0.25) is 9.59 Å². The predicted molar refractivity (Wildman–Crippen MR) is 158 cm³/mol. The molecule has 0 bridgehead atoms. The van der Waals surface area contributed by atoms with E-state index in [0.29, 0.717) is 70.1 Å². The summed E-state index contributed by atoms with van der Waals surface area (Å²) in [7, 11) is 1.51. The molecule has 1 fully saturated rings. The molecule has 11 heteroatoms. The number of benzene rings is 3. The second-order valence-corrected chi connectivity index (χ2v) is 10.1. The van der Waals surface area contributed by atoms with Crippen LogP contribution in [0.5, 0.6) is 11.5 Å². The van der Waals surface area contributed by atoms with E-state index >= 15 is 0 Å². The van der Waals surface area contributed by atoms with Gasteiger partial charge >= 0.3 is 0 Å². The summed E-state index contributed by atoms with van der Waals surface area (Å²) >= 11 is 3.55. The Morgan fingerprint density at radius 3 is 2.66 bits per heavy atom. The van der Waals surface area contributed by atoms with Crippen LogP contribution in [0.2, 0.25) is 0 Å². The third-order valence-electron chi connectivity index (χ3n) is 6.71. The normalized spacial score (nSPS) is 13.8. The van der Waals surface area contributed by atoms with Crippen molar-refractivity contribution in [3.8, 4) is 23.1 Å². The largest absolute Gasteiger partial charge is 0.493 e. The first-order valence-electron chi connectivity index (χ1n) is 12.9. The van der Waals surface area contributed by atoms with Gasteiger partial charge in [0.2, 0.25) is 5.82 Å². The molecule has 6 rings (SSSR count). The van der Waals surface area contributed by atoms with Gasteiger partial charge in [0.1, 0.15) is 5.58 Å². The van der Waals surface area contributed by atoms with Crippen LogP contribution in [0.3, 0.4) is 0 Å². The molecule has 1 aliphatic heterocycles. The molecule has 3 aromatic carbocycles. The van der Waals surface area contributed by atoms with Crippen LogP contribution in [0, 0.1) is 0 Å². The van der Waals surface area contributed by atoms with E-state index in [2.05, 4.69) is 21.0 Å². The summed E-state index contributed by atoms with van der Waals surface area (Å²) in [6.07, 6.45) is 1.53. The predicted octanol–water partition coefficient (Wildman–Crippen LogP) is 4.70. The van der Waals surface area contributed by atoms with E-state index in [-0.39, 0.29) is 23.9 Å². The van der Waals surface area contributed by atoms with Gasteiger partial charge < -0.3 is 23.5 Å². The number of carbonyl (C=O) groups is 1. The first-order valence-corrected chi connectivity index (χ1v) is 13.7. The van der Waals surface area contributed by atoms with Crippen molar-refractivity contribution in [2.45, 2.75) is 0 Å². The second kappa shape index (κ2) is 11.6. The van der Waals surface area contributed by atoms with Crippen LogP contribution in [-0.2, 0) is 9.53 Å². The van der Waals surface area contributed by atoms with Gasteiger partial charge in [-0.05, 0) is 52.3 Å². The van der Waals surface area contributed by atoms with Crippen molar-refractivity contribution in [2.75, 3.05) is 40.0 Å². The number of para-hydroxylation sites is 2. The molecule has 1 saturated heterocycles. The lowest BCUT2D eigenvalue weighted by molar-refractivity contribution is -0.137. The number of hydrogen-bond acceptors (Lipinski definition) is 8. The van der Waals surface area contributed by atoms with E-state index in [1.165, 1.54) is 18.0 Å². The van der Waals surface area contributed by atoms with E-state index in [1.807, 2.05) is 36.4 Å². The summed E-state index contributed by atoms with van der Waals surface area (Å²) in [5.74, 6) is 1.36. The molecule has 41 heavy (non-hydrogen) atoms. The van der Waals surface area contributed by atoms with Crippen LogP contribution < -0.4 is 15.0 Å². The zero-order chi connectivity index (χ0) is 28.3. The molecule has 0 N–H and O–H groups in total. The molecule has 0 unspecified atom stereocenters. The highest BCUT2D eigenvalue weighted by Gasteiger charge is 2.19. The van der Waals surface area contributed by atoms with Crippen molar-refractivity contribution in [1.82, 2.24) is 14.6 Å². The van der Waals surface area contributed by atoms with Crippen LogP contribution in [0.4, 0.5) is 0 Å². The monoisotopic (exact) mass is 616 g/mol. The average Bonchev–Trinajstić information content (AvgIpc) is 3.44. The minimum Gasteiger partial charge on any atom is -0.493 e. The number of amides is 1. The zero-order valence-electron chi connectivity index (χ0n) is 22.1. The molecule has 0 radical (unpaired) electrons. The number of aromatic nitrogens is 2. The van der Waals surface area contributed by atoms with Gasteiger partial charge in [-0.1, -0.05) is 30.3 Å². The molecular weight excluding hydrogens is 592 g/mol. The molecule has 5 aromatic rings. The molecule has 1 amide bonds. The van der Waals surface area contributed by atoms with E-state index < -0.39 is 0 Å². The van der Waals surface area contributed by atoms with Gasteiger partial charge in [0.15, 0.2) is 23.9 Å². The number of methoxy groups -OCH3 is 1. The number of nitrogens with zero attached hydrogens (tertiary/aromatic N) is 4. The highest BCUT2D eigenvalue weighted by Crippen LogP contribution is 2.33. The Balaban J connectivity index is 1.34. The fourth-order valence-electron chi connectivity index (χ4n) is 4.57. The summed E-state index contributed by atoms with van der Waals surface area (Å²) in [6, 6.07) is 19.9. The molecular formula is C30H25BrN4O6. The number of morpholine rings is 1. The van der Waals surface area contributed by atoms with E-state index in [0.717, 1.165) is 5.39 Å². The lowest BCUT2D eigenvalue weighted by atomic mass is 10.2. The number of hydrogen-bond donors (Lipinski definition) is 0. The van der Waals surface area contributed by atoms with Crippen LogP contribution in [0.15, 0.2) is 85.5 Å². The Morgan fingerprint density at radius 1 is 1.07 bits per heavy atom. The molecule has 3 heterocycles. The summed E-state index contributed by atoms with van der Waals surface area (Å²) < 4.78 is 24.5. The summed E-state index contributed by atoms with van der Waals surface area (Å²) in [4.78, 5) is 32.5. The molecule has 0 saturated carbocycles. The van der Waals surface area contributed by atoms with Gasteiger partial charge in [0, 0.05) is 28.5 Å². The second-order valence-electron chi connectivity index (χ2n) is 9.27. The smallest absolute Gasteiger partial charge is 0.282 e. The first kappa shape index (κ1) is 26.7. The van der Waals surface area contributed by atoms with Crippen molar-refractivity contribution in [1.29, 1.82) is 0 Å². The molecule has 10 nitrogen and oxygen atoms in total. The van der Waals surface area contributed by atoms with Crippen molar-refractivity contribution in [2.24, 2.45) is 5.10 Å². The average molecular weight is 617 g/mol. The number of rotatable bonds is 7. The number of furan rings is 1. The number of fused-ring (bicyclic) bond motifs is 2. The maximum Gasteiger partial charge on any atom is 0.282 e. The van der Waals surface area contributed by atoms with Crippen LogP contribution in [0.25, 0.3) is 33.5 Å². The minimum absolute atomic E-state index is 0.126. The SMILES string of the molecule is COc1cc(C=Nn2c(-c3cc4ccccc4o3)nc3ccccc3c2=O)c(Br)cc1OCC(=O)N1CCOCC1. The van der Waals surface area contributed by atoms with Crippen molar-refractivity contribution >= 4 is 49.9 Å². The summed E-state index contributed by atoms with van der Waals surface area (Å²) in [5, 5.41) is 5.84. The molecule has 0 spiro atoms. The van der Waals surface area contributed by atoms with Gasteiger partial charge in [-0.15, -0.1) is 0 Å². The van der Waals surface area contributed by atoms with Crippen LogP contribution in [0.1, 0.15) is 5.56 Å². The Morgan fingerprint density at radius 2 is 1.85 bits per heavy atom. The lowest BCUT2D eigenvalue weighted by Gasteiger charge is -2.26. The Hall–Kier alpha value is -4.48. The molecule has 0 aliphatic carbocycles. The fraction of sp³-hybridized carbons (Fsp3) is 0.200. The first-order chi connectivity index (χ1) is 20.0. The maximum absolute atomic E-state index is 13.6. The third kappa shape index (κ3) is 5.46. The summed E-state index contributed by atoms with van der Waals surface area (Å²) in [5.41, 5.74) is 1.49. The highest BCUT2D eigenvalue weighted by atomic mass is 79.9. The lowest BCUT2D eigenvalue weighted by Crippen LogP contribution is -2.43. The van der Waals surface area contributed by atoms with Crippen LogP contribution >= 0.6 is 15.9 Å². The molecule has 208 valence electrons. The van der Waals surface area contributed by atoms with Gasteiger partial charge in [0.25, 0.3) is 11.5 Å². The topological polar surface area (TPSA) is 108 Å². The van der Waals surface area contributed by atoms with Gasteiger partial charge in [-0.2, -0.15) is 9.78 Å². The van der Waals surface area contributed by atoms with Gasteiger partial charge in [-0.25, -0.2) is 4.98 Å². The van der Waals surface area contributed by atoms with Crippen molar-refractivity contribution < 1.29 is 23.4 Å². The minimum atomic E-state index is -0.341. The Kier molecular flexibility index (Phi) is 7.53. The molecule has 0 atom stereocenters.